The van der Waals surface area contributed by atoms with Crippen LogP contribution < -0.4 is 9.42 Å². The molecule has 0 unspecified atom stereocenters. The SMILES string of the molecule is CCCCCCCCCCCCCCCCc1cccc(O[P+]([O-])([S-])[S-])c1CCCCCCCCCCCCCCCC. The van der Waals surface area contributed by atoms with E-state index in [1.54, 1.807) is 0 Å². The van der Waals surface area contributed by atoms with Gasteiger partial charge in [-0.05, 0) is 37.3 Å². The number of aryl methyl sites for hydroxylation is 1. The Kier molecular flexibility index (Phi) is 28.2. The van der Waals surface area contributed by atoms with Gasteiger partial charge in [0.1, 0.15) is 0 Å². The van der Waals surface area contributed by atoms with Crippen molar-refractivity contribution >= 4 is 30.6 Å². The summed E-state index contributed by atoms with van der Waals surface area (Å²) >= 11 is 9.93. The Morgan fingerprint density at radius 3 is 1.16 bits per heavy atom. The van der Waals surface area contributed by atoms with E-state index in [4.69, 9.17) is 29.0 Å². The zero-order chi connectivity index (χ0) is 31.3. The number of hydrogen-bond donors (Lipinski definition) is 0. The van der Waals surface area contributed by atoms with Gasteiger partial charge >= 0.3 is 0 Å². The standard InChI is InChI=1S/C38H71O2PS2/c1-3-5-7-9-11-13-15-17-19-21-23-25-27-29-32-36-33-31-35-38(40-41(39,42)43)37(36)34-30-28-26-24-22-20-18-16-14-12-10-8-6-4-2/h31,33,35H,3-30,32,34H2,1-2H3,(H2,39,42,43)/p-2. The van der Waals surface area contributed by atoms with Gasteiger partial charge in [-0.2, -0.15) is 0 Å². The van der Waals surface area contributed by atoms with Gasteiger partial charge in [-0.15, -0.1) is 6.12 Å². The lowest BCUT2D eigenvalue weighted by Crippen LogP contribution is -2.11. The number of hydrogen-bond acceptors (Lipinski definition) is 4. The Morgan fingerprint density at radius 1 is 0.488 bits per heavy atom. The predicted octanol–water partition coefficient (Wildman–Crippen LogP) is 13.2. The van der Waals surface area contributed by atoms with Crippen molar-refractivity contribution in [3.63, 3.8) is 0 Å². The van der Waals surface area contributed by atoms with Crippen molar-refractivity contribution in [1.29, 1.82) is 0 Å². The Hall–Kier alpha value is 0.110. The summed E-state index contributed by atoms with van der Waals surface area (Å²) in [6.45, 7) is 4.58. The van der Waals surface area contributed by atoms with E-state index in [-0.39, 0.29) is 0 Å². The summed E-state index contributed by atoms with van der Waals surface area (Å²) in [4.78, 5) is 12.2. The van der Waals surface area contributed by atoms with Crippen LogP contribution in [0.2, 0.25) is 0 Å². The zero-order valence-electron chi connectivity index (χ0n) is 28.5. The minimum atomic E-state index is -3.40. The zero-order valence-corrected chi connectivity index (χ0v) is 31.1. The van der Waals surface area contributed by atoms with Crippen molar-refractivity contribution < 1.29 is 9.42 Å². The maximum Gasteiger partial charge on any atom is 0.171 e. The Balaban J connectivity index is 2.23. The van der Waals surface area contributed by atoms with Crippen LogP contribution in [0.5, 0.6) is 5.75 Å². The fourth-order valence-corrected chi connectivity index (χ4v) is 7.24. The molecule has 2 nitrogen and oxygen atoms in total. The molecule has 0 radical (unpaired) electrons. The molecule has 0 aromatic heterocycles. The van der Waals surface area contributed by atoms with Gasteiger partial charge in [0.15, 0.2) is 5.75 Å². The lowest BCUT2D eigenvalue weighted by atomic mass is 9.95. The average Bonchev–Trinajstić information content (AvgIpc) is 2.97. The van der Waals surface area contributed by atoms with Crippen molar-refractivity contribution in [3.8, 4) is 5.75 Å². The summed E-state index contributed by atoms with van der Waals surface area (Å²) < 4.78 is 5.65. The maximum absolute atomic E-state index is 12.2. The lowest BCUT2D eigenvalue weighted by molar-refractivity contribution is -0.169. The quantitative estimate of drug-likeness (QED) is 0.0440. The average molecular weight is 653 g/mol. The van der Waals surface area contributed by atoms with Crippen LogP contribution in [0.4, 0.5) is 0 Å². The molecule has 0 aliphatic rings. The van der Waals surface area contributed by atoms with E-state index >= 15 is 0 Å². The van der Waals surface area contributed by atoms with Crippen LogP contribution >= 0.6 is 6.12 Å². The Labute approximate surface area is 280 Å². The third kappa shape index (κ3) is 25.9. The summed E-state index contributed by atoms with van der Waals surface area (Å²) in [6.07, 6.45) is 37.0. The number of benzene rings is 1. The van der Waals surface area contributed by atoms with Crippen molar-refractivity contribution in [1.82, 2.24) is 0 Å². The van der Waals surface area contributed by atoms with E-state index < -0.39 is 6.12 Å². The molecule has 0 spiro atoms. The molecule has 252 valence electrons. The van der Waals surface area contributed by atoms with Crippen LogP contribution in [0, 0.1) is 0 Å². The van der Waals surface area contributed by atoms with Crippen LogP contribution in [-0.2, 0) is 37.3 Å². The molecule has 0 aliphatic carbocycles. The Bertz CT molecular complexity index is 737. The molecule has 5 heteroatoms. The van der Waals surface area contributed by atoms with Crippen molar-refractivity contribution in [2.45, 2.75) is 206 Å². The molecule has 0 heterocycles. The van der Waals surface area contributed by atoms with Crippen molar-refractivity contribution in [2.24, 2.45) is 0 Å². The first kappa shape index (κ1) is 41.1. The van der Waals surface area contributed by atoms with Gasteiger partial charge in [0.2, 0.25) is 0 Å². The largest absolute Gasteiger partial charge is 0.682 e. The van der Waals surface area contributed by atoms with Gasteiger partial charge in [-0.25, -0.2) is 0 Å². The molecular formula is C38H69O2PS2-2. The van der Waals surface area contributed by atoms with E-state index in [2.05, 4.69) is 19.9 Å². The summed E-state index contributed by atoms with van der Waals surface area (Å²) in [6, 6.07) is 6.16. The molecule has 0 aliphatic heterocycles. The second-order valence-corrected chi connectivity index (χ2v) is 17.8. The predicted molar refractivity (Wildman–Crippen MR) is 197 cm³/mol. The Morgan fingerprint density at radius 2 is 0.814 bits per heavy atom. The summed E-state index contributed by atoms with van der Waals surface area (Å²) in [5.41, 5.74) is 2.54. The highest BCUT2D eigenvalue weighted by molar-refractivity contribution is 8.69. The normalized spacial score (nSPS) is 11.8. The molecule has 0 saturated carbocycles. The third-order valence-corrected chi connectivity index (χ3v) is 9.89. The van der Waals surface area contributed by atoms with E-state index in [9.17, 15) is 4.89 Å². The highest BCUT2D eigenvalue weighted by Gasteiger charge is 2.12. The molecule has 0 amide bonds. The first-order valence-electron chi connectivity index (χ1n) is 18.8. The second-order valence-electron chi connectivity index (χ2n) is 13.1. The van der Waals surface area contributed by atoms with Crippen LogP contribution in [0.1, 0.15) is 205 Å². The minimum Gasteiger partial charge on any atom is -0.682 e. The van der Waals surface area contributed by atoms with E-state index in [1.165, 1.54) is 184 Å². The van der Waals surface area contributed by atoms with Gasteiger partial charge in [-0.3, -0.25) is 0 Å². The highest BCUT2D eigenvalue weighted by atomic mass is 33.1. The number of unbranched alkanes of at least 4 members (excludes halogenated alkanes) is 26. The summed E-state index contributed by atoms with van der Waals surface area (Å²) in [5.74, 6) is 0.672. The van der Waals surface area contributed by atoms with E-state index in [0.29, 0.717) is 5.75 Å². The van der Waals surface area contributed by atoms with Gasteiger partial charge in [0.25, 0.3) is 0 Å². The molecule has 0 atom stereocenters. The monoisotopic (exact) mass is 652 g/mol. The van der Waals surface area contributed by atoms with Gasteiger partial charge in [0, 0.05) is 5.56 Å². The van der Waals surface area contributed by atoms with Crippen LogP contribution in [-0.4, -0.2) is 0 Å². The molecule has 0 bridgehead atoms. The third-order valence-electron chi connectivity index (χ3n) is 9.02. The van der Waals surface area contributed by atoms with Crippen LogP contribution in [0.25, 0.3) is 0 Å². The number of rotatable bonds is 32. The molecule has 0 N–H and O–H groups in total. The molecule has 1 aromatic rings. The topological polar surface area (TPSA) is 32.3 Å². The summed E-state index contributed by atoms with van der Waals surface area (Å²) in [7, 11) is 0. The first-order chi connectivity index (χ1) is 21.0. The second kappa shape index (κ2) is 29.5. The van der Waals surface area contributed by atoms with Crippen molar-refractivity contribution in [2.75, 3.05) is 0 Å². The molecule has 43 heavy (non-hydrogen) atoms. The van der Waals surface area contributed by atoms with Crippen LogP contribution in [0.3, 0.4) is 0 Å². The fourth-order valence-electron chi connectivity index (χ4n) is 6.34. The first-order valence-corrected chi connectivity index (χ1v) is 22.5. The molecule has 0 saturated heterocycles. The molecule has 0 fully saturated rings. The van der Waals surface area contributed by atoms with Crippen LogP contribution in [0.15, 0.2) is 18.2 Å². The molecular weight excluding hydrogens is 584 g/mol. The highest BCUT2D eigenvalue weighted by Crippen LogP contribution is 2.47. The smallest absolute Gasteiger partial charge is 0.171 e. The van der Waals surface area contributed by atoms with E-state index in [0.717, 1.165) is 19.3 Å². The minimum absolute atomic E-state index is 0.672. The lowest BCUT2D eigenvalue weighted by Gasteiger charge is -2.42. The van der Waals surface area contributed by atoms with Gasteiger partial charge in [-0.1, -0.05) is 193 Å². The van der Waals surface area contributed by atoms with E-state index in [1.807, 2.05) is 12.1 Å². The van der Waals surface area contributed by atoms with Gasteiger partial charge < -0.3 is 33.9 Å². The van der Waals surface area contributed by atoms with Gasteiger partial charge in [0.05, 0.1) is 0 Å². The van der Waals surface area contributed by atoms with Crippen molar-refractivity contribution in [3.05, 3.63) is 29.3 Å². The maximum atomic E-state index is 12.2. The summed E-state index contributed by atoms with van der Waals surface area (Å²) in [5, 5.41) is 0. The molecule has 1 aromatic carbocycles. The fraction of sp³-hybridized carbons (Fsp3) is 0.842. The molecule has 1 rings (SSSR count).